The topological polar surface area (TPSA) is 49.8 Å². The Hall–Kier alpha value is -2.88. The highest BCUT2D eigenvalue weighted by Gasteiger charge is 2.01. The maximum atomic E-state index is 4.27. The van der Waals surface area contributed by atoms with Gasteiger partial charge in [0.25, 0.3) is 0 Å². The molecule has 0 amide bonds. The molecular formula is C18H18N4. The first-order valence-electron chi connectivity index (χ1n) is 7.19. The van der Waals surface area contributed by atoms with E-state index in [1.54, 1.807) is 6.33 Å². The molecule has 0 aliphatic carbocycles. The van der Waals surface area contributed by atoms with Crippen molar-refractivity contribution in [3.63, 3.8) is 0 Å². The van der Waals surface area contributed by atoms with Crippen molar-refractivity contribution in [1.82, 2.24) is 9.97 Å². The Bertz CT molecular complexity index is 769. The molecule has 0 unspecified atom stereocenters. The molecule has 3 rings (SSSR count). The number of nitrogens with one attached hydrogen (secondary N) is 2. The van der Waals surface area contributed by atoms with E-state index in [0.717, 1.165) is 23.0 Å². The third-order valence-electron chi connectivity index (χ3n) is 3.49. The molecule has 0 aliphatic rings. The highest BCUT2D eigenvalue weighted by atomic mass is 15.1. The van der Waals surface area contributed by atoms with Crippen LogP contribution in [0.4, 0.5) is 23.0 Å². The smallest absolute Gasteiger partial charge is 0.135 e. The molecule has 2 N–H and O–H groups in total. The van der Waals surface area contributed by atoms with Crippen molar-refractivity contribution in [2.24, 2.45) is 0 Å². The lowest BCUT2D eigenvalue weighted by molar-refractivity contribution is 1.17. The van der Waals surface area contributed by atoms with Gasteiger partial charge in [-0.05, 0) is 49.2 Å². The summed E-state index contributed by atoms with van der Waals surface area (Å²) in [4.78, 5) is 8.51. The van der Waals surface area contributed by atoms with Crippen LogP contribution in [0.3, 0.4) is 0 Å². The van der Waals surface area contributed by atoms with Gasteiger partial charge in [-0.15, -0.1) is 0 Å². The number of anilines is 4. The van der Waals surface area contributed by atoms with Crippen LogP contribution in [0, 0.1) is 13.8 Å². The maximum absolute atomic E-state index is 4.27. The van der Waals surface area contributed by atoms with E-state index in [0.29, 0.717) is 0 Å². The van der Waals surface area contributed by atoms with Gasteiger partial charge in [-0.2, -0.15) is 0 Å². The van der Waals surface area contributed by atoms with Crippen LogP contribution in [0.15, 0.2) is 60.9 Å². The molecular weight excluding hydrogens is 272 g/mol. The zero-order chi connectivity index (χ0) is 15.4. The quantitative estimate of drug-likeness (QED) is 0.738. The molecule has 0 aliphatic heterocycles. The van der Waals surface area contributed by atoms with Gasteiger partial charge in [0.2, 0.25) is 0 Å². The Morgan fingerprint density at radius 2 is 1.36 bits per heavy atom. The summed E-state index contributed by atoms with van der Waals surface area (Å²) in [5, 5.41) is 6.57. The Morgan fingerprint density at radius 3 is 2.05 bits per heavy atom. The van der Waals surface area contributed by atoms with Crippen LogP contribution in [0.25, 0.3) is 0 Å². The molecule has 0 saturated carbocycles. The summed E-state index contributed by atoms with van der Waals surface area (Å²) in [6.07, 6.45) is 1.55. The number of para-hydroxylation sites is 1. The fraction of sp³-hybridized carbons (Fsp3) is 0.111. The minimum atomic E-state index is 0.757. The van der Waals surface area contributed by atoms with Gasteiger partial charge in [-0.1, -0.05) is 24.3 Å². The molecule has 0 spiro atoms. The van der Waals surface area contributed by atoms with E-state index in [9.17, 15) is 0 Å². The molecule has 4 heteroatoms. The molecule has 2 aromatic carbocycles. The Kier molecular flexibility index (Phi) is 4.01. The van der Waals surface area contributed by atoms with E-state index in [2.05, 4.69) is 52.6 Å². The van der Waals surface area contributed by atoms with E-state index in [1.165, 1.54) is 11.1 Å². The molecule has 22 heavy (non-hydrogen) atoms. The van der Waals surface area contributed by atoms with Gasteiger partial charge in [-0.3, -0.25) is 0 Å². The van der Waals surface area contributed by atoms with Crippen LogP contribution in [0.2, 0.25) is 0 Å². The lowest BCUT2D eigenvalue weighted by atomic mass is 10.1. The number of aryl methyl sites for hydroxylation is 2. The average Bonchev–Trinajstić information content (AvgIpc) is 2.52. The van der Waals surface area contributed by atoms with Crippen molar-refractivity contribution in [1.29, 1.82) is 0 Å². The molecule has 3 aromatic rings. The van der Waals surface area contributed by atoms with Crippen LogP contribution in [0.1, 0.15) is 11.1 Å². The van der Waals surface area contributed by atoms with Crippen LogP contribution in [0.5, 0.6) is 0 Å². The minimum Gasteiger partial charge on any atom is -0.340 e. The second-order valence-electron chi connectivity index (χ2n) is 5.20. The molecule has 0 atom stereocenters. The highest BCUT2D eigenvalue weighted by Crippen LogP contribution is 2.20. The van der Waals surface area contributed by atoms with Crippen molar-refractivity contribution in [3.05, 3.63) is 72.1 Å². The normalized spacial score (nSPS) is 10.3. The maximum Gasteiger partial charge on any atom is 0.135 e. The van der Waals surface area contributed by atoms with Gasteiger partial charge in [0.05, 0.1) is 0 Å². The van der Waals surface area contributed by atoms with Gasteiger partial charge in [0.1, 0.15) is 18.0 Å². The van der Waals surface area contributed by atoms with E-state index in [1.807, 2.05) is 36.4 Å². The number of nitrogens with zero attached hydrogens (tertiary/aromatic N) is 2. The summed E-state index contributed by atoms with van der Waals surface area (Å²) in [6, 6.07) is 18.1. The van der Waals surface area contributed by atoms with E-state index >= 15 is 0 Å². The highest BCUT2D eigenvalue weighted by molar-refractivity contribution is 5.63. The molecule has 110 valence electrons. The molecule has 0 bridgehead atoms. The first-order valence-corrected chi connectivity index (χ1v) is 7.19. The lowest BCUT2D eigenvalue weighted by Gasteiger charge is -2.10. The molecule has 4 nitrogen and oxygen atoms in total. The number of aromatic nitrogens is 2. The SMILES string of the molecule is Cc1ccc(Nc2cc(Nc3ccccc3)ncn2)cc1C. The van der Waals surface area contributed by atoms with E-state index < -0.39 is 0 Å². The van der Waals surface area contributed by atoms with Gasteiger partial charge in [0, 0.05) is 17.4 Å². The Morgan fingerprint density at radius 1 is 0.682 bits per heavy atom. The number of hydrogen-bond donors (Lipinski definition) is 2. The first-order chi connectivity index (χ1) is 10.7. The largest absolute Gasteiger partial charge is 0.340 e. The number of benzene rings is 2. The monoisotopic (exact) mass is 290 g/mol. The van der Waals surface area contributed by atoms with Gasteiger partial charge < -0.3 is 10.6 Å². The van der Waals surface area contributed by atoms with Crippen LogP contribution < -0.4 is 10.6 Å². The summed E-state index contributed by atoms with van der Waals surface area (Å²) in [5.74, 6) is 1.52. The van der Waals surface area contributed by atoms with Crippen molar-refractivity contribution >= 4 is 23.0 Å². The first kappa shape index (κ1) is 14.1. The summed E-state index contributed by atoms with van der Waals surface area (Å²) >= 11 is 0. The summed E-state index contributed by atoms with van der Waals surface area (Å²) < 4.78 is 0. The fourth-order valence-corrected chi connectivity index (χ4v) is 2.13. The molecule has 0 fully saturated rings. The molecule has 0 radical (unpaired) electrons. The minimum absolute atomic E-state index is 0.757. The third kappa shape index (κ3) is 3.41. The van der Waals surface area contributed by atoms with Crippen molar-refractivity contribution in [2.45, 2.75) is 13.8 Å². The molecule has 1 heterocycles. The van der Waals surface area contributed by atoms with Gasteiger partial charge >= 0.3 is 0 Å². The fourth-order valence-electron chi connectivity index (χ4n) is 2.13. The second kappa shape index (κ2) is 6.26. The molecule has 0 saturated heterocycles. The van der Waals surface area contributed by atoms with Crippen molar-refractivity contribution in [3.8, 4) is 0 Å². The standard InChI is InChI=1S/C18H18N4/c1-13-8-9-16(10-14(13)2)22-18-11-17(19-12-20-18)21-15-6-4-3-5-7-15/h3-12H,1-2H3,(H2,19,20,21,22). The number of hydrogen-bond acceptors (Lipinski definition) is 4. The molecule has 1 aromatic heterocycles. The van der Waals surface area contributed by atoms with Crippen molar-refractivity contribution in [2.75, 3.05) is 10.6 Å². The summed E-state index contributed by atoms with van der Waals surface area (Å²) in [6.45, 7) is 4.20. The predicted octanol–water partition coefficient (Wildman–Crippen LogP) is 4.58. The second-order valence-corrected chi connectivity index (χ2v) is 5.20. The third-order valence-corrected chi connectivity index (χ3v) is 3.49. The van der Waals surface area contributed by atoms with E-state index in [-0.39, 0.29) is 0 Å². The zero-order valence-electron chi connectivity index (χ0n) is 12.7. The average molecular weight is 290 g/mol. The predicted molar refractivity (Wildman–Crippen MR) is 91.0 cm³/mol. The summed E-state index contributed by atoms with van der Waals surface area (Å²) in [5.41, 5.74) is 4.55. The Labute approximate surface area is 130 Å². The van der Waals surface area contributed by atoms with Crippen LogP contribution in [-0.2, 0) is 0 Å². The van der Waals surface area contributed by atoms with Crippen LogP contribution in [-0.4, -0.2) is 9.97 Å². The lowest BCUT2D eigenvalue weighted by Crippen LogP contribution is -1.98. The van der Waals surface area contributed by atoms with E-state index in [4.69, 9.17) is 0 Å². The van der Waals surface area contributed by atoms with Gasteiger partial charge in [0.15, 0.2) is 0 Å². The van der Waals surface area contributed by atoms with Crippen molar-refractivity contribution < 1.29 is 0 Å². The summed E-state index contributed by atoms with van der Waals surface area (Å²) in [7, 11) is 0. The zero-order valence-corrected chi connectivity index (χ0v) is 12.7. The van der Waals surface area contributed by atoms with Crippen LogP contribution >= 0.6 is 0 Å². The van der Waals surface area contributed by atoms with Gasteiger partial charge in [-0.25, -0.2) is 9.97 Å². The number of rotatable bonds is 4. The Balaban J connectivity index is 1.77.